The first-order chi connectivity index (χ1) is 9.58. The zero-order valence-electron chi connectivity index (χ0n) is 14.0. The molecule has 3 heteroatoms. The van der Waals surface area contributed by atoms with Gasteiger partial charge in [0.15, 0.2) is 9.84 Å². The second kappa shape index (κ2) is 12.7. The molecular weight excluding hydrogens is 268 g/mol. The summed E-state index contributed by atoms with van der Waals surface area (Å²) in [6.45, 7) is 6.20. The molecule has 0 aromatic rings. The van der Waals surface area contributed by atoms with Gasteiger partial charge in [0.1, 0.15) is 0 Å². The Labute approximate surface area is 127 Å². The van der Waals surface area contributed by atoms with Crippen molar-refractivity contribution >= 4 is 9.84 Å². The highest BCUT2D eigenvalue weighted by Crippen LogP contribution is 2.15. The molecule has 0 saturated carbocycles. The van der Waals surface area contributed by atoms with E-state index in [1.165, 1.54) is 51.4 Å². The standard InChI is InChI=1S/C17H36O2S/c1-4-7-8-9-10-11-12-13-14-15-16-20(18,19)17(5-2)6-3/h17H,4-16H2,1-3H3. The molecule has 0 rings (SSSR count). The fourth-order valence-electron chi connectivity index (χ4n) is 2.75. The fourth-order valence-corrected chi connectivity index (χ4v) is 4.71. The summed E-state index contributed by atoms with van der Waals surface area (Å²) in [6.07, 6.45) is 14.0. The van der Waals surface area contributed by atoms with Gasteiger partial charge in [0.05, 0.1) is 11.0 Å². The van der Waals surface area contributed by atoms with Crippen LogP contribution in [0.4, 0.5) is 0 Å². The predicted molar refractivity (Wildman–Crippen MR) is 90.0 cm³/mol. The number of sulfone groups is 1. The van der Waals surface area contributed by atoms with Crippen LogP contribution in [0, 0.1) is 0 Å². The van der Waals surface area contributed by atoms with E-state index in [-0.39, 0.29) is 5.25 Å². The van der Waals surface area contributed by atoms with E-state index in [2.05, 4.69) is 6.92 Å². The van der Waals surface area contributed by atoms with Crippen molar-refractivity contribution in [1.29, 1.82) is 0 Å². The van der Waals surface area contributed by atoms with Crippen molar-refractivity contribution in [2.24, 2.45) is 0 Å². The number of hydrogen-bond donors (Lipinski definition) is 0. The quantitative estimate of drug-likeness (QED) is 0.396. The molecule has 0 heterocycles. The molecule has 0 amide bonds. The van der Waals surface area contributed by atoms with Gasteiger partial charge in [0.25, 0.3) is 0 Å². The maximum Gasteiger partial charge on any atom is 0.153 e. The molecule has 0 aliphatic heterocycles. The third-order valence-corrected chi connectivity index (χ3v) is 6.74. The predicted octanol–water partition coefficient (Wildman–Crippen LogP) is 5.51. The van der Waals surface area contributed by atoms with E-state index in [4.69, 9.17) is 0 Å². The molecule has 20 heavy (non-hydrogen) atoms. The van der Waals surface area contributed by atoms with Crippen LogP contribution in [0.3, 0.4) is 0 Å². The number of rotatable bonds is 14. The monoisotopic (exact) mass is 304 g/mol. The van der Waals surface area contributed by atoms with Crippen LogP contribution in [-0.4, -0.2) is 19.4 Å². The Bertz CT molecular complexity index is 292. The van der Waals surface area contributed by atoms with Crippen LogP contribution < -0.4 is 0 Å². The van der Waals surface area contributed by atoms with Crippen LogP contribution in [0.1, 0.15) is 97.8 Å². The molecule has 2 nitrogen and oxygen atoms in total. The van der Waals surface area contributed by atoms with Gasteiger partial charge in [0, 0.05) is 0 Å². The number of unbranched alkanes of at least 4 members (excludes halogenated alkanes) is 9. The maximum atomic E-state index is 12.0. The Kier molecular flexibility index (Phi) is 12.6. The summed E-state index contributed by atoms with van der Waals surface area (Å²) in [4.78, 5) is 0. The van der Waals surface area contributed by atoms with Crippen molar-refractivity contribution in [3.05, 3.63) is 0 Å². The molecule has 0 unspecified atom stereocenters. The van der Waals surface area contributed by atoms with Gasteiger partial charge >= 0.3 is 0 Å². The van der Waals surface area contributed by atoms with E-state index >= 15 is 0 Å². The molecule has 0 aliphatic carbocycles. The van der Waals surface area contributed by atoms with Crippen LogP contribution in [0.25, 0.3) is 0 Å². The summed E-state index contributed by atoms with van der Waals surface area (Å²) < 4.78 is 24.1. The van der Waals surface area contributed by atoms with Crippen molar-refractivity contribution in [3.63, 3.8) is 0 Å². The first-order valence-electron chi connectivity index (χ1n) is 8.80. The van der Waals surface area contributed by atoms with E-state index in [9.17, 15) is 8.42 Å². The summed E-state index contributed by atoms with van der Waals surface area (Å²) in [7, 11) is -2.83. The van der Waals surface area contributed by atoms with Gasteiger partial charge in [-0.25, -0.2) is 8.42 Å². The van der Waals surface area contributed by atoms with Gasteiger partial charge in [-0.05, 0) is 19.3 Å². The van der Waals surface area contributed by atoms with Crippen molar-refractivity contribution in [3.8, 4) is 0 Å². The molecule has 0 radical (unpaired) electrons. The molecule has 0 aliphatic rings. The molecule has 0 N–H and O–H groups in total. The lowest BCUT2D eigenvalue weighted by atomic mass is 10.1. The molecule has 122 valence electrons. The molecular formula is C17H36O2S. The van der Waals surface area contributed by atoms with Crippen molar-refractivity contribution in [2.75, 3.05) is 5.75 Å². The SMILES string of the molecule is CCCCCCCCCCCCS(=O)(=O)C(CC)CC. The smallest absolute Gasteiger partial charge is 0.153 e. The largest absolute Gasteiger partial charge is 0.229 e. The highest BCUT2D eigenvalue weighted by Gasteiger charge is 2.20. The van der Waals surface area contributed by atoms with E-state index < -0.39 is 9.84 Å². The Balaban J connectivity index is 3.48. The fraction of sp³-hybridized carbons (Fsp3) is 1.00. The lowest BCUT2D eigenvalue weighted by molar-refractivity contribution is 0.551. The Morgan fingerprint density at radius 2 is 1.05 bits per heavy atom. The van der Waals surface area contributed by atoms with E-state index in [0.29, 0.717) is 5.75 Å². The van der Waals surface area contributed by atoms with Gasteiger partial charge in [-0.1, -0.05) is 78.6 Å². The summed E-state index contributed by atoms with van der Waals surface area (Å²) in [6, 6.07) is 0. The van der Waals surface area contributed by atoms with Crippen molar-refractivity contribution in [2.45, 2.75) is 103 Å². The zero-order chi connectivity index (χ0) is 15.3. The van der Waals surface area contributed by atoms with Crippen molar-refractivity contribution < 1.29 is 8.42 Å². The lowest BCUT2D eigenvalue weighted by Crippen LogP contribution is -2.22. The minimum Gasteiger partial charge on any atom is -0.229 e. The topological polar surface area (TPSA) is 34.1 Å². The molecule has 0 spiro atoms. The van der Waals surface area contributed by atoms with Crippen LogP contribution in [0.2, 0.25) is 0 Å². The zero-order valence-corrected chi connectivity index (χ0v) is 14.8. The normalized spacial score (nSPS) is 12.2. The van der Waals surface area contributed by atoms with Crippen LogP contribution in [0.5, 0.6) is 0 Å². The average molecular weight is 305 g/mol. The first-order valence-corrected chi connectivity index (χ1v) is 10.5. The minimum atomic E-state index is -2.83. The third-order valence-electron chi connectivity index (χ3n) is 4.20. The Morgan fingerprint density at radius 1 is 0.650 bits per heavy atom. The second-order valence-electron chi connectivity index (χ2n) is 5.99. The molecule has 0 atom stereocenters. The maximum absolute atomic E-state index is 12.0. The second-order valence-corrected chi connectivity index (χ2v) is 8.39. The highest BCUT2D eigenvalue weighted by molar-refractivity contribution is 7.92. The highest BCUT2D eigenvalue weighted by atomic mass is 32.2. The van der Waals surface area contributed by atoms with Gasteiger partial charge in [-0.2, -0.15) is 0 Å². The van der Waals surface area contributed by atoms with Gasteiger partial charge in [-0.15, -0.1) is 0 Å². The van der Waals surface area contributed by atoms with E-state index in [1.54, 1.807) is 0 Å². The van der Waals surface area contributed by atoms with Gasteiger partial charge in [0.2, 0.25) is 0 Å². The average Bonchev–Trinajstić information content (AvgIpc) is 2.42. The Hall–Kier alpha value is -0.0500. The third kappa shape index (κ3) is 9.79. The lowest BCUT2D eigenvalue weighted by Gasteiger charge is -2.13. The first kappa shape index (κ1) is 19.9. The van der Waals surface area contributed by atoms with Gasteiger partial charge in [-0.3, -0.25) is 0 Å². The minimum absolute atomic E-state index is 0.110. The van der Waals surface area contributed by atoms with Crippen LogP contribution in [-0.2, 0) is 9.84 Å². The molecule has 0 bridgehead atoms. The summed E-state index contributed by atoms with van der Waals surface area (Å²) in [5.74, 6) is 0.399. The van der Waals surface area contributed by atoms with Crippen molar-refractivity contribution in [1.82, 2.24) is 0 Å². The van der Waals surface area contributed by atoms with E-state index in [0.717, 1.165) is 25.7 Å². The molecule has 0 aromatic heterocycles. The number of hydrogen-bond acceptors (Lipinski definition) is 2. The summed E-state index contributed by atoms with van der Waals surface area (Å²) >= 11 is 0. The van der Waals surface area contributed by atoms with Crippen LogP contribution in [0.15, 0.2) is 0 Å². The van der Waals surface area contributed by atoms with E-state index in [1.807, 2.05) is 13.8 Å². The van der Waals surface area contributed by atoms with Crippen LogP contribution >= 0.6 is 0 Å². The summed E-state index contributed by atoms with van der Waals surface area (Å²) in [5, 5.41) is -0.110. The molecule has 0 aromatic carbocycles. The molecule has 0 fully saturated rings. The van der Waals surface area contributed by atoms with Gasteiger partial charge < -0.3 is 0 Å². The Morgan fingerprint density at radius 3 is 1.45 bits per heavy atom. The summed E-state index contributed by atoms with van der Waals surface area (Å²) in [5.41, 5.74) is 0. The molecule has 0 saturated heterocycles.